The number of methoxy groups -OCH3 is 1. The first kappa shape index (κ1) is 26.9. The zero-order valence-electron chi connectivity index (χ0n) is 23.7. The highest BCUT2D eigenvalue weighted by Crippen LogP contribution is 2.41. The molecule has 0 saturated carbocycles. The Balaban J connectivity index is 1.33. The molecule has 3 aromatic rings. The van der Waals surface area contributed by atoms with Crippen LogP contribution in [-0.2, 0) is 32.7 Å². The largest absolute Gasteiger partial charge is 0.380 e. The van der Waals surface area contributed by atoms with Crippen molar-refractivity contribution in [3.05, 3.63) is 63.7 Å². The molecule has 3 heterocycles. The number of amides is 2. The average molecular weight is 532 g/mol. The summed E-state index contributed by atoms with van der Waals surface area (Å²) >= 11 is 0. The van der Waals surface area contributed by atoms with Crippen molar-refractivity contribution in [2.75, 3.05) is 50.1 Å². The molecule has 1 fully saturated rings. The van der Waals surface area contributed by atoms with Crippen LogP contribution in [-0.4, -0.2) is 72.7 Å². The number of benzene rings is 2. The number of fused-ring (bicyclic) bond motifs is 2. The van der Waals surface area contributed by atoms with E-state index in [0.717, 1.165) is 22.5 Å². The minimum atomic E-state index is -0.527. The van der Waals surface area contributed by atoms with Gasteiger partial charge in [0.25, 0.3) is 5.56 Å². The highest BCUT2D eigenvalue weighted by molar-refractivity contribution is 6.07. The zero-order chi connectivity index (χ0) is 28.1. The van der Waals surface area contributed by atoms with Crippen LogP contribution < -0.4 is 15.4 Å². The number of likely N-dealkylation sites (N-methyl/N-ethyl adjacent to an activating group) is 1. The number of piperazine rings is 1. The predicted octanol–water partition coefficient (Wildman–Crippen LogP) is 2.89. The van der Waals surface area contributed by atoms with Gasteiger partial charge in [-0.15, -0.1) is 0 Å². The third kappa shape index (κ3) is 4.80. The lowest BCUT2D eigenvalue weighted by Crippen LogP contribution is -2.52. The van der Waals surface area contributed by atoms with E-state index in [1.165, 1.54) is 0 Å². The minimum Gasteiger partial charge on any atom is -0.380 e. The summed E-state index contributed by atoms with van der Waals surface area (Å²) in [6.45, 7) is 10.4. The average Bonchev–Trinajstić information content (AvgIpc) is 3.08. The lowest BCUT2D eigenvalue weighted by molar-refractivity contribution is -0.132. The highest BCUT2D eigenvalue weighted by atomic mass is 16.5. The van der Waals surface area contributed by atoms with Crippen LogP contribution in [0.1, 0.15) is 37.7 Å². The molecule has 0 radical (unpaired) electrons. The van der Waals surface area contributed by atoms with Gasteiger partial charge in [-0.25, -0.2) is 4.98 Å². The number of aromatic nitrogens is 2. The molecule has 206 valence electrons. The molecule has 1 atom stereocenters. The summed E-state index contributed by atoms with van der Waals surface area (Å²) in [6, 6.07) is 11.8. The summed E-state index contributed by atoms with van der Waals surface area (Å²) in [5.41, 5.74) is 3.95. The first-order valence-electron chi connectivity index (χ1n) is 13.5. The van der Waals surface area contributed by atoms with Gasteiger partial charge >= 0.3 is 0 Å². The Kier molecular flexibility index (Phi) is 6.97. The van der Waals surface area contributed by atoms with Gasteiger partial charge in [0.15, 0.2) is 0 Å². The van der Waals surface area contributed by atoms with Crippen LogP contribution in [0.5, 0.6) is 0 Å². The Morgan fingerprint density at radius 1 is 1.08 bits per heavy atom. The second-order valence-corrected chi connectivity index (χ2v) is 11.2. The molecule has 2 aliphatic rings. The number of nitrogens with zero attached hydrogens (tertiary/aromatic N) is 5. The van der Waals surface area contributed by atoms with Crippen LogP contribution in [0.25, 0.3) is 10.9 Å². The van der Waals surface area contributed by atoms with E-state index in [-0.39, 0.29) is 30.0 Å². The van der Waals surface area contributed by atoms with Gasteiger partial charge in [-0.2, -0.15) is 0 Å². The Labute approximate surface area is 229 Å². The third-order valence-corrected chi connectivity index (χ3v) is 8.25. The summed E-state index contributed by atoms with van der Waals surface area (Å²) in [5, 5.41) is 0.560. The molecule has 2 aliphatic heterocycles. The first-order valence-corrected chi connectivity index (χ1v) is 13.5. The van der Waals surface area contributed by atoms with Crippen LogP contribution in [0.4, 0.5) is 11.4 Å². The Bertz CT molecular complexity index is 1510. The molecular weight excluding hydrogens is 494 g/mol. The standard InChI is InChI=1S/C30H37N5O4/c1-19(39-6)17-34-14-13-33(18-27(34)36)22-8-9-23-25(16-22)31-20(2)35(28(23)37)12-11-21-7-10-24-26(15-21)32(5)29(38)30(24,3)4/h7-10,15-16,19H,11-14,17-18H2,1-6H3/t19-/m0/s1. The van der Waals surface area contributed by atoms with E-state index in [1.807, 2.05) is 74.9 Å². The van der Waals surface area contributed by atoms with Gasteiger partial charge in [-0.05, 0) is 69.5 Å². The summed E-state index contributed by atoms with van der Waals surface area (Å²) in [7, 11) is 3.46. The van der Waals surface area contributed by atoms with Crippen LogP contribution in [0.15, 0.2) is 41.2 Å². The normalized spacial score (nSPS) is 17.7. The number of carbonyl (C=O) groups excluding carboxylic acids is 2. The monoisotopic (exact) mass is 531 g/mol. The molecule has 2 aromatic carbocycles. The van der Waals surface area contributed by atoms with Crippen molar-refractivity contribution in [1.82, 2.24) is 14.5 Å². The Morgan fingerprint density at radius 3 is 2.56 bits per heavy atom. The van der Waals surface area contributed by atoms with Gasteiger partial charge in [0.05, 0.1) is 29.0 Å². The second kappa shape index (κ2) is 10.1. The topological polar surface area (TPSA) is 88.0 Å². The van der Waals surface area contributed by atoms with E-state index in [4.69, 9.17) is 9.72 Å². The number of hydrogen-bond donors (Lipinski definition) is 0. The minimum absolute atomic E-state index is 0.00380. The van der Waals surface area contributed by atoms with Gasteiger partial charge in [0.1, 0.15) is 5.82 Å². The van der Waals surface area contributed by atoms with Crippen LogP contribution in [0, 0.1) is 6.92 Å². The SMILES string of the molecule is CO[C@@H](C)CN1CCN(c2ccc3c(=O)n(CCc4ccc5c(c4)N(C)C(=O)C5(C)C)c(C)nc3c2)CC1=O. The maximum absolute atomic E-state index is 13.4. The molecule has 39 heavy (non-hydrogen) atoms. The van der Waals surface area contributed by atoms with Crippen molar-refractivity contribution in [2.45, 2.75) is 52.2 Å². The Morgan fingerprint density at radius 2 is 1.85 bits per heavy atom. The van der Waals surface area contributed by atoms with Crippen LogP contribution >= 0.6 is 0 Å². The van der Waals surface area contributed by atoms with Crippen LogP contribution in [0.3, 0.4) is 0 Å². The summed E-state index contributed by atoms with van der Waals surface area (Å²) < 4.78 is 7.02. The second-order valence-electron chi connectivity index (χ2n) is 11.2. The van der Waals surface area contributed by atoms with Crippen molar-refractivity contribution < 1.29 is 14.3 Å². The van der Waals surface area contributed by atoms with Gasteiger partial charge in [0, 0.05) is 51.7 Å². The van der Waals surface area contributed by atoms with Crippen LogP contribution in [0.2, 0.25) is 0 Å². The smallest absolute Gasteiger partial charge is 0.261 e. The highest BCUT2D eigenvalue weighted by Gasteiger charge is 2.42. The molecule has 1 aromatic heterocycles. The van der Waals surface area contributed by atoms with Crippen molar-refractivity contribution in [3.63, 3.8) is 0 Å². The van der Waals surface area contributed by atoms with Crippen molar-refractivity contribution in [3.8, 4) is 0 Å². The van der Waals surface area contributed by atoms with E-state index in [1.54, 1.807) is 16.6 Å². The number of carbonyl (C=O) groups is 2. The van der Waals surface area contributed by atoms with Gasteiger partial charge in [-0.3, -0.25) is 19.0 Å². The molecule has 0 bridgehead atoms. The van der Waals surface area contributed by atoms with Crippen molar-refractivity contribution in [1.29, 1.82) is 0 Å². The van der Waals surface area contributed by atoms with Gasteiger partial charge in [-0.1, -0.05) is 12.1 Å². The quantitative estimate of drug-likeness (QED) is 0.466. The predicted molar refractivity (Wildman–Crippen MR) is 153 cm³/mol. The lowest BCUT2D eigenvalue weighted by Gasteiger charge is -2.36. The van der Waals surface area contributed by atoms with Crippen molar-refractivity contribution >= 4 is 34.1 Å². The number of anilines is 2. The van der Waals surface area contributed by atoms with E-state index >= 15 is 0 Å². The van der Waals surface area contributed by atoms with E-state index < -0.39 is 5.41 Å². The van der Waals surface area contributed by atoms with Gasteiger partial charge in [0.2, 0.25) is 11.8 Å². The van der Waals surface area contributed by atoms with E-state index in [0.29, 0.717) is 49.3 Å². The summed E-state index contributed by atoms with van der Waals surface area (Å²) in [5.74, 6) is 0.802. The fourth-order valence-electron chi connectivity index (χ4n) is 5.71. The molecule has 9 heteroatoms. The maximum atomic E-state index is 13.4. The molecule has 1 saturated heterocycles. The number of hydrogen-bond acceptors (Lipinski definition) is 6. The molecule has 2 amide bonds. The number of ether oxygens (including phenoxy) is 1. The number of rotatable bonds is 7. The fourth-order valence-corrected chi connectivity index (χ4v) is 5.71. The lowest BCUT2D eigenvalue weighted by atomic mass is 9.86. The van der Waals surface area contributed by atoms with Crippen molar-refractivity contribution in [2.24, 2.45) is 0 Å². The summed E-state index contributed by atoms with van der Waals surface area (Å²) in [6.07, 6.45) is 0.645. The molecule has 0 aliphatic carbocycles. The molecule has 9 nitrogen and oxygen atoms in total. The molecule has 0 spiro atoms. The number of aryl methyl sites for hydroxylation is 2. The zero-order valence-corrected chi connectivity index (χ0v) is 23.7. The first-order chi connectivity index (χ1) is 18.5. The molecule has 5 rings (SSSR count). The van der Waals surface area contributed by atoms with E-state index in [2.05, 4.69) is 6.07 Å². The van der Waals surface area contributed by atoms with E-state index in [9.17, 15) is 14.4 Å². The Hall–Kier alpha value is -3.72. The maximum Gasteiger partial charge on any atom is 0.261 e. The molecular formula is C30H37N5O4. The van der Waals surface area contributed by atoms with Gasteiger partial charge < -0.3 is 19.4 Å². The molecule has 0 N–H and O–H groups in total. The fraction of sp³-hybridized carbons (Fsp3) is 0.467. The third-order valence-electron chi connectivity index (χ3n) is 8.25. The molecule has 0 unspecified atom stereocenters. The summed E-state index contributed by atoms with van der Waals surface area (Å²) in [4.78, 5) is 49.1.